The summed E-state index contributed by atoms with van der Waals surface area (Å²) >= 11 is 8.08. The standard InChI is InChI=1S/C26H31ClN6OS/c1-17-12-18(2)25(29-14-17)19-13-23(28-15-20(19)27)33-11-6-21-22(16-33)35-26(30-21)31-24(34)7-10-32-8-4-3-5-9-32/h12-15H,3-11,16H2,1-2H3,(H,30,31,34). The van der Waals surface area contributed by atoms with Gasteiger partial charge in [0.15, 0.2) is 5.13 Å². The fourth-order valence-electron chi connectivity index (χ4n) is 4.85. The lowest BCUT2D eigenvalue weighted by Crippen LogP contribution is -2.32. The van der Waals surface area contributed by atoms with Gasteiger partial charge >= 0.3 is 0 Å². The van der Waals surface area contributed by atoms with E-state index in [1.807, 2.05) is 19.2 Å². The minimum atomic E-state index is 0.0449. The highest BCUT2D eigenvalue weighted by Crippen LogP contribution is 2.34. The average molecular weight is 511 g/mol. The Morgan fingerprint density at radius 3 is 2.74 bits per heavy atom. The van der Waals surface area contributed by atoms with Crippen LogP contribution >= 0.6 is 22.9 Å². The second-order valence-corrected chi connectivity index (χ2v) is 11.0. The van der Waals surface area contributed by atoms with Crippen LogP contribution in [0.15, 0.2) is 24.5 Å². The van der Waals surface area contributed by atoms with Crippen molar-refractivity contribution < 1.29 is 4.79 Å². The normalized spacial score (nSPS) is 16.3. The fraction of sp³-hybridized carbons (Fsp3) is 0.462. The third-order valence-electron chi connectivity index (χ3n) is 6.72. The zero-order valence-electron chi connectivity index (χ0n) is 20.3. The lowest BCUT2D eigenvalue weighted by Gasteiger charge is -2.27. The van der Waals surface area contributed by atoms with E-state index in [4.69, 9.17) is 16.6 Å². The Bertz CT molecular complexity index is 1220. The number of amides is 1. The van der Waals surface area contributed by atoms with Gasteiger partial charge in [0.2, 0.25) is 5.91 Å². The summed E-state index contributed by atoms with van der Waals surface area (Å²) in [5.41, 5.74) is 5.07. The minimum absolute atomic E-state index is 0.0449. The van der Waals surface area contributed by atoms with Crippen LogP contribution in [0.5, 0.6) is 0 Å². The van der Waals surface area contributed by atoms with E-state index >= 15 is 0 Å². The topological polar surface area (TPSA) is 74.2 Å². The van der Waals surface area contributed by atoms with Crippen LogP contribution in [0.25, 0.3) is 11.3 Å². The van der Waals surface area contributed by atoms with Gasteiger partial charge in [0.1, 0.15) is 5.82 Å². The number of piperidine rings is 1. The first-order valence-corrected chi connectivity index (χ1v) is 13.5. The lowest BCUT2D eigenvalue weighted by molar-refractivity contribution is -0.116. The van der Waals surface area contributed by atoms with Crippen LogP contribution in [0.4, 0.5) is 10.9 Å². The molecule has 0 aromatic carbocycles. The van der Waals surface area contributed by atoms with Crippen molar-refractivity contribution in [1.29, 1.82) is 0 Å². The number of carbonyl (C=O) groups excluding carboxylic acids is 1. The molecule has 0 saturated carbocycles. The van der Waals surface area contributed by atoms with Crippen molar-refractivity contribution in [2.24, 2.45) is 0 Å². The van der Waals surface area contributed by atoms with Gasteiger partial charge in [0.05, 0.1) is 23.0 Å². The number of nitrogens with one attached hydrogen (secondary N) is 1. The Morgan fingerprint density at radius 1 is 1.11 bits per heavy atom. The summed E-state index contributed by atoms with van der Waals surface area (Å²) in [7, 11) is 0. The first-order chi connectivity index (χ1) is 17.0. The lowest BCUT2D eigenvalue weighted by atomic mass is 10.1. The van der Waals surface area contributed by atoms with E-state index in [-0.39, 0.29) is 5.91 Å². The highest BCUT2D eigenvalue weighted by atomic mass is 35.5. The number of pyridine rings is 2. The quantitative estimate of drug-likeness (QED) is 0.488. The molecule has 184 valence electrons. The predicted molar refractivity (Wildman–Crippen MR) is 142 cm³/mol. The molecular weight excluding hydrogens is 480 g/mol. The molecule has 1 amide bonds. The number of fused-ring (bicyclic) bond motifs is 1. The number of likely N-dealkylation sites (tertiary alicyclic amines) is 1. The van der Waals surface area contributed by atoms with E-state index in [1.165, 1.54) is 24.1 Å². The van der Waals surface area contributed by atoms with Gasteiger partial charge in [-0.1, -0.05) is 35.4 Å². The number of rotatable bonds is 6. The van der Waals surface area contributed by atoms with E-state index < -0.39 is 0 Å². The molecule has 35 heavy (non-hydrogen) atoms. The third-order valence-corrected chi connectivity index (χ3v) is 8.02. The van der Waals surface area contributed by atoms with Crippen molar-refractivity contribution >= 4 is 39.8 Å². The Kier molecular flexibility index (Phi) is 7.32. The summed E-state index contributed by atoms with van der Waals surface area (Å²) in [6.07, 6.45) is 8.69. The molecule has 3 aromatic rings. The number of carbonyl (C=O) groups is 1. The van der Waals surface area contributed by atoms with Gasteiger partial charge in [-0.2, -0.15) is 0 Å². The highest BCUT2D eigenvalue weighted by molar-refractivity contribution is 7.15. The van der Waals surface area contributed by atoms with Crippen molar-refractivity contribution in [2.75, 3.05) is 36.4 Å². The first-order valence-electron chi connectivity index (χ1n) is 12.3. The van der Waals surface area contributed by atoms with Crippen LogP contribution in [0.1, 0.15) is 47.4 Å². The number of hydrogen-bond donors (Lipinski definition) is 1. The summed E-state index contributed by atoms with van der Waals surface area (Å²) in [5, 5.41) is 4.32. The smallest absolute Gasteiger partial charge is 0.227 e. The van der Waals surface area contributed by atoms with Crippen molar-refractivity contribution in [1.82, 2.24) is 19.9 Å². The molecule has 2 aliphatic rings. The van der Waals surface area contributed by atoms with Crippen molar-refractivity contribution in [2.45, 2.75) is 52.5 Å². The van der Waals surface area contributed by atoms with Gasteiger partial charge in [0.25, 0.3) is 0 Å². The van der Waals surface area contributed by atoms with Gasteiger partial charge in [-0.05, 0) is 57.0 Å². The Hall–Kier alpha value is -2.55. The zero-order valence-corrected chi connectivity index (χ0v) is 21.9. The molecule has 1 saturated heterocycles. The van der Waals surface area contributed by atoms with E-state index in [0.717, 1.165) is 66.5 Å². The molecule has 5 rings (SSSR count). The highest BCUT2D eigenvalue weighted by Gasteiger charge is 2.23. The number of hydrogen-bond acceptors (Lipinski definition) is 7. The molecule has 3 aromatic heterocycles. The number of aromatic nitrogens is 3. The molecule has 0 unspecified atom stereocenters. The molecule has 5 heterocycles. The zero-order chi connectivity index (χ0) is 24.4. The fourth-order valence-corrected chi connectivity index (χ4v) is 6.08. The first kappa shape index (κ1) is 24.2. The van der Waals surface area contributed by atoms with Crippen LogP contribution in [-0.2, 0) is 17.8 Å². The van der Waals surface area contributed by atoms with Gasteiger partial charge < -0.3 is 15.1 Å². The Labute approximate surface area is 215 Å². The number of nitrogens with zero attached hydrogens (tertiary/aromatic N) is 5. The molecule has 2 aliphatic heterocycles. The number of anilines is 2. The van der Waals surface area contributed by atoms with Crippen molar-refractivity contribution in [3.63, 3.8) is 0 Å². The summed E-state index contributed by atoms with van der Waals surface area (Å²) < 4.78 is 0. The predicted octanol–water partition coefficient (Wildman–Crippen LogP) is 5.25. The third kappa shape index (κ3) is 5.66. The maximum Gasteiger partial charge on any atom is 0.227 e. The monoisotopic (exact) mass is 510 g/mol. The molecule has 0 aliphatic carbocycles. The summed E-state index contributed by atoms with van der Waals surface area (Å²) in [5.74, 6) is 0.917. The van der Waals surface area contributed by atoms with Gasteiger partial charge in [-0.15, -0.1) is 0 Å². The molecule has 0 bridgehead atoms. The summed E-state index contributed by atoms with van der Waals surface area (Å²) in [4.78, 5) is 32.2. The maximum atomic E-state index is 12.5. The molecule has 1 fully saturated rings. The number of halogens is 1. The molecule has 0 radical (unpaired) electrons. The van der Waals surface area contributed by atoms with Gasteiger partial charge in [-0.3, -0.25) is 9.78 Å². The van der Waals surface area contributed by atoms with Crippen LogP contribution in [0.3, 0.4) is 0 Å². The van der Waals surface area contributed by atoms with Crippen molar-refractivity contribution in [3.05, 3.63) is 51.2 Å². The van der Waals surface area contributed by atoms with Crippen molar-refractivity contribution in [3.8, 4) is 11.3 Å². The molecule has 0 spiro atoms. The van der Waals surface area contributed by atoms with Crippen LogP contribution in [0, 0.1) is 13.8 Å². The van der Waals surface area contributed by atoms with E-state index in [0.29, 0.717) is 23.1 Å². The number of aryl methyl sites for hydroxylation is 2. The largest absolute Gasteiger partial charge is 0.351 e. The minimum Gasteiger partial charge on any atom is -0.351 e. The van der Waals surface area contributed by atoms with E-state index in [9.17, 15) is 4.79 Å². The van der Waals surface area contributed by atoms with E-state index in [2.05, 4.69) is 38.1 Å². The maximum absolute atomic E-state index is 12.5. The second kappa shape index (κ2) is 10.6. The van der Waals surface area contributed by atoms with Gasteiger partial charge in [-0.25, -0.2) is 9.97 Å². The molecule has 9 heteroatoms. The summed E-state index contributed by atoms with van der Waals surface area (Å²) in [6, 6.07) is 4.15. The SMILES string of the molecule is Cc1cnc(-c2cc(N3CCc4nc(NC(=O)CCN5CCCCC5)sc4C3)ncc2Cl)c(C)c1. The Balaban J connectivity index is 1.25. The average Bonchev–Trinajstić information content (AvgIpc) is 3.25. The molecule has 1 N–H and O–H groups in total. The summed E-state index contributed by atoms with van der Waals surface area (Å²) in [6.45, 7) is 8.65. The molecule has 7 nitrogen and oxygen atoms in total. The van der Waals surface area contributed by atoms with Crippen LogP contribution in [-0.4, -0.2) is 51.9 Å². The van der Waals surface area contributed by atoms with Crippen LogP contribution in [0.2, 0.25) is 5.02 Å². The molecule has 0 atom stereocenters. The Morgan fingerprint density at radius 2 is 1.94 bits per heavy atom. The number of thiazole rings is 1. The molecular formula is C26H31ClN6OS. The van der Waals surface area contributed by atoms with Crippen LogP contribution < -0.4 is 10.2 Å². The van der Waals surface area contributed by atoms with Gasteiger partial charge in [0, 0.05) is 48.8 Å². The van der Waals surface area contributed by atoms with E-state index in [1.54, 1.807) is 17.5 Å². The second-order valence-electron chi connectivity index (χ2n) is 9.46.